The Balaban J connectivity index is 1.89. The molecule has 1 aliphatic rings. The third kappa shape index (κ3) is 3.24. The average molecular weight is 232 g/mol. The molecule has 1 aromatic carbocycles. The SMILES string of the molecule is C[Si]1(C)CCC=C(CCc2ccccc2)O1. The van der Waals surface area contributed by atoms with Gasteiger partial charge in [0.15, 0.2) is 0 Å². The predicted octanol–water partition coefficient (Wildman–Crippen LogP) is 4.13. The number of rotatable bonds is 3. The first kappa shape index (κ1) is 11.5. The van der Waals surface area contributed by atoms with Gasteiger partial charge in [0.2, 0.25) is 8.32 Å². The predicted molar refractivity (Wildman–Crippen MR) is 70.8 cm³/mol. The zero-order chi connectivity index (χ0) is 11.4. The summed E-state index contributed by atoms with van der Waals surface area (Å²) in [5.74, 6) is 1.23. The maximum absolute atomic E-state index is 6.10. The van der Waals surface area contributed by atoms with Crippen LogP contribution in [0.25, 0.3) is 0 Å². The summed E-state index contributed by atoms with van der Waals surface area (Å²) in [5, 5.41) is 0. The van der Waals surface area contributed by atoms with Gasteiger partial charge in [0.25, 0.3) is 0 Å². The summed E-state index contributed by atoms with van der Waals surface area (Å²) in [6.45, 7) is 4.62. The highest BCUT2D eigenvalue weighted by Crippen LogP contribution is 2.26. The van der Waals surface area contributed by atoms with E-state index in [9.17, 15) is 0 Å². The Kier molecular flexibility index (Phi) is 3.49. The molecule has 0 bridgehead atoms. The van der Waals surface area contributed by atoms with Crippen molar-refractivity contribution >= 4 is 8.32 Å². The second-order valence-corrected chi connectivity index (χ2v) is 9.28. The molecule has 86 valence electrons. The number of benzene rings is 1. The summed E-state index contributed by atoms with van der Waals surface area (Å²) in [5.41, 5.74) is 1.40. The molecule has 1 heterocycles. The van der Waals surface area contributed by atoms with Crippen LogP contribution in [0, 0.1) is 0 Å². The van der Waals surface area contributed by atoms with E-state index in [4.69, 9.17) is 4.43 Å². The minimum absolute atomic E-state index is 1.06. The number of allylic oxidation sites excluding steroid dienone is 2. The van der Waals surface area contributed by atoms with Gasteiger partial charge in [-0.15, -0.1) is 0 Å². The molecule has 0 spiro atoms. The third-order valence-corrected chi connectivity index (χ3v) is 5.34. The fourth-order valence-corrected chi connectivity index (χ4v) is 3.93. The van der Waals surface area contributed by atoms with E-state index in [1.807, 2.05) is 0 Å². The first-order valence-corrected chi connectivity index (χ1v) is 9.19. The van der Waals surface area contributed by atoms with E-state index in [0.717, 1.165) is 12.8 Å². The van der Waals surface area contributed by atoms with Crippen molar-refractivity contribution in [3.8, 4) is 0 Å². The monoisotopic (exact) mass is 232 g/mol. The smallest absolute Gasteiger partial charge is 0.245 e. The normalized spacial score (nSPS) is 18.8. The van der Waals surface area contributed by atoms with Crippen LogP contribution in [0.15, 0.2) is 42.2 Å². The Bertz CT molecular complexity index is 368. The summed E-state index contributed by atoms with van der Waals surface area (Å²) in [4.78, 5) is 0. The van der Waals surface area contributed by atoms with Crippen molar-refractivity contribution in [3.63, 3.8) is 0 Å². The quantitative estimate of drug-likeness (QED) is 0.712. The number of hydrogen-bond donors (Lipinski definition) is 0. The highest BCUT2D eigenvalue weighted by Gasteiger charge is 2.27. The minimum Gasteiger partial charge on any atom is -0.547 e. The first-order chi connectivity index (χ1) is 7.66. The minimum atomic E-state index is -1.36. The number of aryl methyl sites for hydroxylation is 1. The van der Waals surface area contributed by atoms with Crippen LogP contribution in [0.5, 0.6) is 0 Å². The molecule has 0 N–H and O–H groups in total. The second kappa shape index (κ2) is 4.87. The third-order valence-electron chi connectivity index (χ3n) is 3.03. The van der Waals surface area contributed by atoms with Crippen LogP contribution in [-0.4, -0.2) is 8.32 Å². The van der Waals surface area contributed by atoms with E-state index in [0.29, 0.717) is 0 Å². The van der Waals surface area contributed by atoms with Crippen molar-refractivity contribution in [3.05, 3.63) is 47.7 Å². The lowest BCUT2D eigenvalue weighted by Crippen LogP contribution is -2.32. The largest absolute Gasteiger partial charge is 0.547 e. The summed E-state index contributed by atoms with van der Waals surface area (Å²) >= 11 is 0. The molecule has 1 aliphatic heterocycles. The molecule has 0 saturated heterocycles. The highest BCUT2D eigenvalue weighted by atomic mass is 28.4. The molecule has 0 atom stereocenters. The zero-order valence-electron chi connectivity index (χ0n) is 10.2. The molecule has 0 saturated carbocycles. The Hall–Kier alpha value is -1.02. The van der Waals surface area contributed by atoms with E-state index >= 15 is 0 Å². The van der Waals surface area contributed by atoms with Crippen LogP contribution in [0.2, 0.25) is 19.1 Å². The Morgan fingerprint density at radius 3 is 2.56 bits per heavy atom. The standard InChI is InChI=1S/C14H20OSi/c1-16(2)12-6-9-14(15-16)11-10-13-7-4-3-5-8-13/h3-5,7-9H,6,10-12H2,1-2H3. The molecule has 0 fully saturated rings. The summed E-state index contributed by atoms with van der Waals surface area (Å²) in [6, 6.07) is 11.9. The van der Waals surface area contributed by atoms with Crippen LogP contribution in [-0.2, 0) is 10.8 Å². The second-order valence-electron chi connectivity index (χ2n) is 5.06. The summed E-state index contributed by atoms with van der Waals surface area (Å²) < 4.78 is 6.10. The Morgan fingerprint density at radius 2 is 1.88 bits per heavy atom. The fourth-order valence-electron chi connectivity index (χ4n) is 2.09. The molecule has 0 unspecified atom stereocenters. The van der Waals surface area contributed by atoms with Crippen molar-refractivity contribution in [2.24, 2.45) is 0 Å². The van der Waals surface area contributed by atoms with Crippen LogP contribution in [0.4, 0.5) is 0 Å². The van der Waals surface area contributed by atoms with Gasteiger partial charge in [-0.2, -0.15) is 0 Å². The van der Waals surface area contributed by atoms with Gasteiger partial charge in [0.1, 0.15) is 0 Å². The topological polar surface area (TPSA) is 9.23 Å². The van der Waals surface area contributed by atoms with Gasteiger partial charge < -0.3 is 4.43 Å². The molecule has 1 nitrogen and oxygen atoms in total. The van der Waals surface area contributed by atoms with Gasteiger partial charge in [-0.05, 0) is 43.6 Å². The lowest BCUT2D eigenvalue weighted by atomic mass is 10.1. The first-order valence-electron chi connectivity index (χ1n) is 6.08. The summed E-state index contributed by atoms with van der Waals surface area (Å²) in [6.07, 6.45) is 5.64. The van der Waals surface area contributed by atoms with E-state index in [2.05, 4.69) is 49.5 Å². The molecule has 0 radical (unpaired) electrons. The van der Waals surface area contributed by atoms with Gasteiger partial charge >= 0.3 is 0 Å². The van der Waals surface area contributed by atoms with Crippen LogP contribution < -0.4 is 0 Å². The van der Waals surface area contributed by atoms with Crippen molar-refractivity contribution in [2.75, 3.05) is 0 Å². The lowest BCUT2D eigenvalue weighted by Gasteiger charge is -2.29. The van der Waals surface area contributed by atoms with E-state index in [1.54, 1.807) is 0 Å². The summed E-state index contributed by atoms with van der Waals surface area (Å²) in [7, 11) is -1.36. The molecule has 2 heteroatoms. The van der Waals surface area contributed by atoms with Crippen LogP contribution in [0.1, 0.15) is 18.4 Å². The molecule has 16 heavy (non-hydrogen) atoms. The lowest BCUT2D eigenvalue weighted by molar-refractivity contribution is 0.380. The molecule has 2 rings (SSSR count). The van der Waals surface area contributed by atoms with Gasteiger partial charge in [-0.25, -0.2) is 0 Å². The van der Waals surface area contributed by atoms with Crippen molar-refractivity contribution in [1.82, 2.24) is 0 Å². The van der Waals surface area contributed by atoms with E-state index in [1.165, 1.54) is 23.8 Å². The van der Waals surface area contributed by atoms with Crippen molar-refractivity contribution in [2.45, 2.75) is 38.4 Å². The average Bonchev–Trinajstić information content (AvgIpc) is 2.27. The van der Waals surface area contributed by atoms with Crippen LogP contribution in [0.3, 0.4) is 0 Å². The maximum atomic E-state index is 6.10. The Labute approximate surface area is 99.3 Å². The van der Waals surface area contributed by atoms with Crippen molar-refractivity contribution in [1.29, 1.82) is 0 Å². The fraction of sp³-hybridized carbons (Fsp3) is 0.429. The zero-order valence-corrected chi connectivity index (χ0v) is 11.2. The van der Waals surface area contributed by atoms with E-state index < -0.39 is 8.32 Å². The van der Waals surface area contributed by atoms with E-state index in [-0.39, 0.29) is 0 Å². The van der Waals surface area contributed by atoms with Gasteiger partial charge in [-0.1, -0.05) is 30.3 Å². The highest BCUT2D eigenvalue weighted by molar-refractivity contribution is 6.71. The molecule has 1 aromatic rings. The van der Waals surface area contributed by atoms with Gasteiger partial charge in [-0.3, -0.25) is 0 Å². The maximum Gasteiger partial charge on any atom is 0.245 e. The molecular weight excluding hydrogens is 212 g/mol. The van der Waals surface area contributed by atoms with Crippen molar-refractivity contribution < 1.29 is 4.43 Å². The van der Waals surface area contributed by atoms with Gasteiger partial charge in [0.05, 0.1) is 5.76 Å². The Morgan fingerprint density at radius 1 is 1.12 bits per heavy atom. The van der Waals surface area contributed by atoms with Gasteiger partial charge in [0, 0.05) is 6.42 Å². The molecule has 0 amide bonds. The van der Waals surface area contributed by atoms with Crippen LogP contribution >= 0.6 is 0 Å². The molecular formula is C14H20OSi. The number of hydrogen-bond acceptors (Lipinski definition) is 1. The molecule has 0 aliphatic carbocycles. The molecule has 0 aromatic heterocycles.